The number of rotatable bonds is 7. The molecule has 0 spiro atoms. The van der Waals surface area contributed by atoms with Crippen LogP contribution >= 0.6 is 0 Å². The first-order valence-corrected chi connectivity index (χ1v) is 8.39. The molecule has 5 heteroatoms. The molecule has 0 aliphatic carbocycles. The van der Waals surface area contributed by atoms with Gasteiger partial charge in [-0.05, 0) is 35.4 Å². The van der Waals surface area contributed by atoms with Gasteiger partial charge in [-0.15, -0.1) is 0 Å². The van der Waals surface area contributed by atoms with Crippen LogP contribution in [0.3, 0.4) is 0 Å². The van der Waals surface area contributed by atoms with Crippen LogP contribution in [0.1, 0.15) is 21.5 Å². The van der Waals surface area contributed by atoms with Crippen LogP contribution in [0, 0.1) is 0 Å². The lowest BCUT2D eigenvalue weighted by Crippen LogP contribution is -2.22. The number of nitrogens with one attached hydrogen (secondary N) is 2. The predicted octanol–water partition coefficient (Wildman–Crippen LogP) is 3.63. The van der Waals surface area contributed by atoms with Crippen LogP contribution in [0.2, 0.25) is 0 Å². The second-order valence-electron chi connectivity index (χ2n) is 5.80. The molecule has 3 aromatic rings. The van der Waals surface area contributed by atoms with Gasteiger partial charge in [-0.3, -0.25) is 4.79 Å². The van der Waals surface area contributed by atoms with E-state index in [0.717, 1.165) is 16.9 Å². The van der Waals surface area contributed by atoms with E-state index < -0.39 is 0 Å². The van der Waals surface area contributed by atoms with Crippen molar-refractivity contribution in [2.45, 2.75) is 13.1 Å². The summed E-state index contributed by atoms with van der Waals surface area (Å²) in [6.07, 6.45) is 1.63. The maximum atomic E-state index is 12.3. The Morgan fingerprint density at radius 2 is 1.69 bits per heavy atom. The number of hydrogen-bond donors (Lipinski definition) is 2. The van der Waals surface area contributed by atoms with Crippen molar-refractivity contribution < 1.29 is 9.53 Å². The van der Waals surface area contributed by atoms with Gasteiger partial charge < -0.3 is 15.4 Å². The highest BCUT2D eigenvalue weighted by molar-refractivity contribution is 5.94. The number of pyridine rings is 1. The van der Waals surface area contributed by atoms with Crippen molar-refractivity contribution in [1.29, 1.82) is 0 Å². The molecular weight excluding hydrogens is 326 g/mol. The molecule has 0 unspecified atom stereocenters. The molecule has 2 N–H and O–H groups in total. The summed E-state index contributed by atoms with van der Waals surface area (Å²) in [6.45, 7) is 1.11. The fourth-order valence-electron chi connectivity index (χ4n) is 2.48. The van der Waals surface area contributed by atoms with Gasteiger partial charge in [-0.1, -0.05) is 42.5 Å². The second-order valence-corrected chi connectivity index (χ2v) is 5.80. The summed E-state index contributed by atoms with van der Waals surface area (Å²) in [5, 5.41) is 6.16. The van der Waals surface area contributed by atoms with E-state index in [1.165, 1.54) is 0 Å². The van der Waals surface area contributed by atoms with Gasteiger partial charge in [0.15, 0.2) is 0 Å². The fourth-order valence-corrected chi connectivity index (χ4v) is 2.48. The average molecular weight is 347 g/mol. The number of carbonyl (C=O) groups excluding carboxylic acids is 1. The Labute approximate surface area is 153 Å². The number of hydrogen-bond acceptors (Lipinski definition) is 4. The van der Waals surface area contributed by atoms with E-state index in [1.54, 1.807) is 25.4 Å². The number of methoxy groups -OCH3 is 1. The SMILES string of the molecule is COc1ccc(CNc2cc(C(=O)NCc3ccccc3)ccn2)cc1. The molecule has 0 radical (unpaired) electrons. The molecular formula is C21H21N3O2. The molecule has 0 saturated carbocycles. The van der Waals surface area contributed by atoms with Crippen molar-refractivity contribution in [3.63, 3.8) is 0 Å². The molecule has 0 bridgehead atoms. The van der Waals surface area contributed by atoms with E-state index in [-0.39, 0.29) is 5.91 Å². The minimum Gasteiger partial charge on any atom is -0.497 e. The third-order valence-corrected chi connectivity index (χ3v) is 3.95. The largest absolute Gasteiger partial charge is 0.497 e. The number of benzene rings is 2. The predicted molar refractivity (Wildman–Crippen MR) is 102 cm³/mol. The fraction of sp³-hybridized carbons (Fsp3) is 0.143. The van der Waals surface area contributed by atoms with E-state index in [4.69, 9.17) is 4.74 Å². The Morgan fingerprint density at radius 1 is 0.962 bits per heavy atom. The minimum absolute atomic E-state index is 0.122. The summed E-state index contributed by atoms with van der Waals surface area (Å²) in [5.74, 6) is 1.36. The van der Waals surface area contributed by atoms with Crippen molar-refractivity contribution >= 4 is 11.7 Å². The van der Waals surface area contributed by atoms with Crippen LogP contribution in [0.5, 0.6) is 5.75 Å². The van der Waals surface area contributed by atoms with Crippen molar-refractivity contribution in [1.82, 2.24) is 10.3 Å². The molecule has 5 nitrogen and oxygen atoms in total. The van der Waals surface area contributed by atoms with Crippen LogP contribution in [0.15, 0.2) is 72.9 Å². The molecule has 0 atom stereocenters. The quantitative estimate of drug-likeness (QED) is 0.685. The van der Waals surface area contributed by atoms with Gasteiger partial charge in [-0.2, -0.15) is 0 Å². The van der Waals surface area contributed by atoms with Crippen LogP contribution in [-0.2, 0) is 13.1 Å². The monoisotopic (exact) mass is 347 g/mol. The van der Waals surface area contributed by atoms with E-state index >= 15 is 0 Å². The Morgan fingerprint density at radius 3 is 2.42 bits per heavy atom. The molecule has 1 amide bonds. The zero-order chi connectivity index (χ0) is 18.2. The summed E-state index contributed by atoms with van der Waals surface area (Å²) in [6, 6.07) is 21.1. The van der Waals surface area contributed by atoms with Gasteiger partial charge in [0.2, 0.25) is 0 Å². The van der Waals surface area contributed by atoms with Gasteiger partial charge in [0, 0.05) is 24.8 Å². The highest BCUT2D eigenvalue weighted by atomic mass is 16.5. The number of carbonyl (C=O) groups is 1. The molecule has 1 aromatic heterocycles. The zero-order valence-corrected chi connectivity index (χ0v) is 14.6. The Balaban J connectivity index is 1.57. The average Bonchev–Trinajstić information content (AvgIpc) is 2.72. The van der Waals surface area contributed by atoms with E-state index in [1.807, 2.05) is 54.6 Å². The zero-order valence-electron chi connectivity index (χ0n) is 14.6. The van der Waals surface area contributed by atoms with Crippen LogP contribution in [0.25, 0.3) is 0 Å². The third kappa shape index (κ3) is 4.83. The highest BCUT2D eigenvalue weighted by Gasteiger charge is 2.07. The first-order chi connectivity index (χ1) is 12.7. The van der Waals surface area contributed by atoms with Crippen molar-refractivity contribution in [3.8, 4) is 5.75 Å². The molecule has 26 heavy (non-hydrogen) atoms. The summed E-state index contributed by atoms with van der Waals surface area (Å²) in [7, 11) is 1.64. The molecule has 0 aliphatic rings. The highest BCUT2D eigenvalue weighted by Crippen LogP contribution is 2.13. The molecule has 0 fully saturated rings. The van der Waals surface area contributed by atoms with Crippen molar-refractivity contribution in [3.05, 3.63) is 89.6 Å². The smallest absolute Gasteiger partial charge is 0.251 e. The molecule has 2 aromatic carbocycles. The standard InChI is InChI=1S/C21H21N3O2/c1-26-19-9-7-17(8-10-19)14-23-20-13-18(11-12-22-20)21(25)24-15-16-5-3-2-4-6-16/h2-13H,14-15H2,1H3,(H,22,23)(H,24,25). The molecule has 3 rings (SSSR count). The second kappa shape index (κ2) is 8.67. The number of nitrogens with zero attached hydrogens (tertiary/aromatic N) is 1. The van der Waals surface area contributed by atoms with Crippen molar-refractivity contribution in [2.75, 3.05) is 12.4 Å². The Kier molecular flexibility index (Phi) is 5.83. The van der Waals surface area contributed by atoms with Gasteiger partial charge >= 0.3 is 0 Å². The lowest BCUT2D eigenvalue weighted by Gasteiger charge is -2.09. The van der Waals surface area contributed by atoms with E-state index in [9.17, 15) is 4.79 Å². The molecule has 0 aliphatic heterocycles. The third-order valence-electron chi connectivity index (χ3n) is 3.95. The first kappa shape index (κ1) is 17.5. The van der Waals surface area contributed by atoms with Gasteiger partial charge in [0.1, 0.15) is 11.6 Å². The maximum Gasteiger partial charge on any atom is 0.251 e. The minimum atomic E-state index is -0.122. The molecule has 1 heterocycles. The number of anilines is 1. The lowest BCUT2D eigenvalue weighted by molar-refractivity contribution is 0.0951. The molecule has 132 valence electrons. The number of ether oxygens (including phenoxy) is 1. The molecule has 0 saturated heterocycles. The van der Waals surface area contributed by atoms with Gasteiger partial charge in [0.05, 0.1) is 7.11 Å². The van der Waals surface area contributed by atoms with Crippen LogP contribution in [0.4, 0.5) is 5.82 Å². The summed E-state index contributed by atoms with van der Waals surface area (Å²) in [5.41, 5.74) is 2.74. The van der Waals surface area contributed by atoms with Gasteiger partial charge in [-0.25, -0.2) is 4.98 Å². The summed E-state index contributed by atoms with van der Waals surface area (Å²) in [4.78, 5) is 16.6. The van der Waals surface area contributed by atoms with E-state index in [2.05, 4.69) is 15.6 Å². The Bertz CT molecular complexity index is 849. The normalized spacial score (nSPS) is 10.2. The number of amides is 1. The van der Waals surface area contributed by atoms with Crippen molar-refractivity contribution in [2.24, 2.45) is 0 Å². The Hall–Kier alpha value is -3.34. The first-order valence-electron chi connectivity index (χ1n) is 8.39. The lowest BCUT2D eigenvalue weighted by atomic mass is 10.2. The maximum absolute atomic E-state index is 12.3. The summed E-state index contributed by atoms with van der Waals surface area (Å²) < 4.78 is 5.15. The number of aromatic nitrogens is 1. The van der Waals surface area contributed by atoms with E-state index in [0.29, 0.717) is 24.5 Å². The van der Waals surface area contributed by atoms with Crippen LogP contribution in [-0.4, -0.2) is 18.0 Å². The van der Waals surface area contributed by atoms with Crippen LogP contribution < -0.4 is 15.4 Å². The summed E-state index contributed by atoms with van der Waals surface area (Å²) >= 11 is 0. The van der Waals surface area contributed by atoms with Gasteiger partial charge in [0.25, 0.3) is 5.91 Å². The topological polar surface area (TPSA) is 63.2 Å².